The molecule has 1 saturated heterocycles. The number of carbonyl (C=O) groups is 1. The van der Waals surface area contributed by atoms with Gasteiger partial charge in [0, 0.05) is 20.2 Å². The summed E-state index contributed by atoms with van der Waals surface area (Å²) in [5, 5.41) is 15.2. The van der Waals surface area contributed by atoms with Crippen molar-refractivity contribution >= 4 is 18.3 Å². The SMILES string of the molecule is COC(CNC(=O)C1CC(O)CN1)C(C)(C)C.Cl. The molecule has 5 nitrogen and oxygen atoms in total. The lowest BCUT2D eigenvalue weighted by molar-refractivity contribution is -0.124. The van der Waals surface area contributed by atoms with Crippen molar-refractivity contribution in [1.82, 2.24) is 10.6 Å². The molecular formula is C12H25ClN2O3. The minimum absolute atomic E-state index is 0. The van der Waals surface area contributed by atoms with Crippen LogP contribution in [0, 0.1) is 5.41 Å². The van der Waals surface area contributed by atoms with Crippen molar-refractivity contribution < 1.29 is 14.6 Å². The van der Waals surface area contributed by atoms with Crippen LogP contribution in [0.5, 0.6) is 0 Å². The van der Waals surface area contributed by atoms with Crippen LogP contribution in [0.4, 0.5) is 0 Å². The molecule has 1 fully saturated rings. The van der Waals surface area contributed by atoms with Gasteiger partial charge >= 0.3 is 0 Å². The van der Waals surface area contributed by atoms with Crippen molar-refractivity contribution in [2.45, 2.75) is 45.4 Å². The molecule has 18 heavy (non-hydrogen) atoms. The highest BCUT2D eigenvalue weighted by Gasteiger charge is 2.30. The van der Waals surface area contributed by atoms with Crippen molar-refractivity contribution in [2.24, 2.45) is 5.41 Å². The Morgan fingerprint density at radius 1 is 1.56 bits per heavy atom. The molecule has 0 bridgehead atoms. The van der Waals surface area contributed by atoms with Gasteiger partial charge in [-0.1, -0.05) is 20.8 Å². The molecule has 108 valence electrons. The van der Waals surface area contributed by atoms with Gasteiger partial charge in [0.25, 0.3) is 0 Å². The fourth-order valence-corrected chi connectivity index (χ4v) is 1.98. The fourth-order valence-electron chi connectivity index (χ4n) is 1.98. The van der Waals surface area contributed by atoms with Crippen LogP contribution in [0.2, 0.25) is 0 Å². The van der Waals surface area contributed by atoms with Crippen molar-refractivity contribution in [3.05, 3.63) is 0 Å². The maximum Gasteiger partial charge on any atom is 0.237 e. The molecule has 0 aromatic rings. The van der Waals surface area contributed by atoms with E-state index in [1.54, 1.807) is 7.11 Å². The van der Waals surface area contributed by atoms with E-state index in [1.165, 1.54) is 0 Å². The normalized spacial score (nSPS) is 25.4. The van der Waals surface area contributed by atoms with Gasteiger partial charge < -0.3 is 20.5 Å². The summed E-state index contributed by atoms with van der Waals surface area (Å²) in [7, 11) is 1.65. The molecule has 0 radical (unpaired) electrons. The summed E-state index contributed by atoms with van der Waals surface area (Å²) in [5.41, 5.74) is -0.00928. The number of rotatable bonds is 4. The first kappa shape index (κ1) is 17.6. The summed E-state index contributed by atoms with van der Waals surface area (Å²) in [6.45, 7) is 7.21. The molecule has 3 unspecified atom stereocenters. The molecule has 0 spiro atoms. The number of amides is 1. The van der Waals surface area contributed by atoms with E-state index < -0.39 is 6.10 Å². The Morgan fingerprint density at radius 2 is 2.17 bits per heavy atom. The van der Waals surface area contributed by atoms with Gasteiger partial charge in [-0.15, -0.1) is 12.4 Å². The van der Waals surface area contributed by atoms with Crippen molar-refractivity contribution in [1.29, 1.82) is 0 Å². The first-order chi connectivity index (χ1) is 7.84. The molecule has 1 aliphatic rings. The first-order valence-electron chi connectivity index (χ1n) is 6.06. The minimum atomic E-state index is -0.411. The summed E-state index contributed by atoms with van der Waals surface area (Å²) >= 11 is 0. The molecule has 0 aliphatic carbocycles. The van der Waals surface area contributed by atoms with Gasteiger partial charge in [0.2, 0.25) is 5.91 Å². The predicted octanol–water partition coefficient (Wildman–Crippen LogP) is 0.308. The Morgan fingerprint density at radius 3 is 2.56 bits per heavy atom. The number of halogens is 1. The molecule has 0 saturated carbocycles. The van der Waals surface area contributed by atoms with E-state index in [1.807, 2.05) is 0 Å². The largest absolute Gasteiger partial charge is 0.392 e. The number of β-amino-alcohol motifs (C(OH)–C–C–N with tert-alkyl or cyclic N) is 1. The third-order valence-corrected chi connectivity index (χ3v) is 3.14. The summed E-state index contributed by atoms with van der Waals surface area (Å²) in [6.07, 6.45) is 0.0586. The van der Waals surface area contributed by atoms with Crippen molar-refractivity contribution in [2.75, 3.05) is 20.2 Å². The van der Waals surface area contributed by atoms with E-state index in [2.05, 4.69) is 31.4 Å². The number of hydrogen-bond donors (Lipinski definition) is 3. The van der Waals surface area contributed by atoms with E-state index in [9.17, 15) is 9.90 Å². The monoisotopic (exact) mass is 280 g/mol. The van der Waals surface area contributed by atoms with Gasteiger partial charge in [-0.3, -0.25) is 4.79 Å². The molecule has 1 rings (SSSR count). The Balaban J connectivity index is 0.00000289. The third-order valence-electron chi connectivity index (χ3n) is 3.14. The molecule has 3 atom stereocenters. The number of carbonyl (C=O) groups excluding carboxylic acids is 1. The van der Waals surface area contributed by atoms with Gasteiger partial charge in [-0.05, 0) is 11.8 Å². The molecule has 0 aromatic heterocycles. The minimum Gasteiger partial charge on any atom is -0.392 e. The number of methoxy groups -OCH3 is 1. The standard InChI is InChI=1S/C12H24N2O3.ClH/c1-12(2,3)10(17-4)7-14-11(16)9-5-8(15)6-13-9;/h8-10,13,15H,5-7H2,1-4H3,(H,14,16);1H. The zero-order valence-electron chi connectivity index (χ0n) is 11.5. The lowest BCUT2D eigenvalue weighted by Gasteiger charge is -2.29. The quantitative estimate of drug-likeness (QED) is 0.693. The third kappa shape index (κ3) is 5.10. The second kappa shape index (κ2) is 7.28. The lowest BCUT2D eigenvalue weighted by atomic mass is 9.89. The van der Waals surface area contributed by atoms with E-state index in [0.29, 0.717) is 19.5 Å². The molecule has 6 heteroatoms. The van der Waals surface area contributed by atoms with Gasteiger partial charge in [-0.25, -0.2) is 0 Å². The lowest BCUT2D eigenvalue weighted by Crippen LogP contribution is -2.46. The Kier molecular flexibility index (Phi) is 7.14. The molecule has 1 amide bonds. The average molecular weight is 281 g/mol. The van der Waals surface area contributed by atoms with E-state index in [-0.39, 0.29) is 35.9 Å². The van der Waals surface area contributed by atoms with E-state index in [0.717, 1.165) is 0 Å². The van der Waals surface area contributed by atoms with Gasteiger partial charge in [0.1, 0.15) is 0 Å². The highest BCUT2D eigenvalue weighted by Crippen LogP contribution is 2.21. The van der Waals surface area contributed by atoms with Crippen molar-refractivity contribution in [3.8, 4) is 0 Å². The predicted molar refractivity (Wildman–Crippen MR) is 72.9 cm³/mol. The summed E-state index contributed by atoms with van der Waals surface area (Å²) in [6, 6.07) is -0.275. The zero-order valence-corrected chi connectivity index (χ0v) is 12.3. The van der Waals surface area contributed by atoms with Crippen LogP contribution in [0.15, 0.2) is 0 Å². The summed E-state index contributed by atoms with van der Waals surface area (Å²) in [5.74, 6) is -0.0622. The molecule has 3 N–H and O–H groups in total. The van der Waals surface area contributed by atoms with E-state index in [4.69, 9.17) is 4.74 Å². The summed E-state index contributed by atoms with van der Waals surface area (Å²) in [4.78, 5) is 11.8. The van der Waals surface area contributed by atoms with Crippen molar-refractivity contribution in [3.63, 3.8) is 0 Å². The van der Waals surface area contributed by atoms with Crippen LogP contribution < -0.4 is 10.6 Å². The molecule has 1 aliphatic heterocycles. The zero-order chi connectivity index (χ0) is 13.1. The maximum atomic E-state index is 11.8. The fraction of sp³-hybridized carbons (Fsp3) is 0.917. The molecule has 0 aromatic carbocycles. The smallest absolute Gasteiger partial charge is 0.237 e. The number of hydrogen-bond acceptors (Lipinski definition) is 4. The van der Waals surface area contributed by atoms with Crippen LogP contribution >= 0.6 is 12.4 Å². The number of aliphatic hydroxyl groups is 1. The van der Waals surface area contributed by atoms with E-state index >= 15 is 0 Å². The average Bonchev–Trinajstić information content (AvgIpc) is 2.63. The Bertz CT molecular complexity index is 269. The maximum absolute atomic E-state index is 11.8. The topological polar surface area (TPSA) is 70.6 Å². The van der Waals surface area contributed by atoms with Gasteiger partial charge in [0.15, 0.2) is 0 Å². The number of aliphatic hydroxyl groups excluding tert-OH is 1. The van der Waals surface area contributed by atoms with Crippen LogP contribution in [0.1, 0.15) is 27.2 Å². The summed E-state index contributed by atoms with van der Waals surface area (Å²) < 4.78 is 5.36. The first-order valence-corrected chi connectivity index (χ1v) is 6.06. The number of nitrogens with one attached hydrogen (secondary N) is 2. The Hall–Kier alpha value is -0.360. The highest BCUT2D eigenvalue weighted by atomic mass is 35.5. The molecular weight excluding hydrogens is 256 g/mol. The second-order valence-electron chi connectivity index (χ2n) is 5.69. The van der Waals surface area contributed by atoms with Crippen LogP contribution in [-0.2, 0) is 9.53 Å². The number of ether oxygens (including phenoxy) is 1. The van der Waals surface area contributed by atoms with Crippen LogP contribution in [0.25, 0.3) is 0 Å². The highest BCUT2D eigenvalue weighted by molar-refractivity contribution is 5.85. The van der Waals surface area contributed by atoms with Crippen LogP contribution in [0.3, 0.4) is 0 Å². The molecule has 1 heterocycles. The van der Waals surface area contributed by atoms with Crippen LogP contribution in [-0.4, -0.2) is 49.5 Å². The second-order valence-corrected chi connectivity index (χ2v) is 5.69. The van der Waals surface area contributed by atoms with Gasteiger partial charge in [-0.2, -0.15) is 0 Å². The van der Waals surface area contributed by atoms with Gasteiger partial charge in [0.05, 0.1) is 18.2 Å². The Labute approximate surface area is 115 Å².